The van der Waals surface area contributed by atoms with Gasteiger partial charge in [0.05, 0.1) is 0 Å². The van der Waals surface area contributed by atoms with Gasteiger partial charge in [-0.25, -0.2) is 0 Å². The molecule has 1 aromatic carbocycles. The van der Waals surface area contributed by atoms with Gasteiger partial charge >= 0.3 is 0 Å². The molecule has 0 heterocycles. The number of halogens is 1. The summed E-state index contributed by atoms with van der Waals surface area (Å²) >= 11 is 6.02. The Morgan fingerprint density at radius 1 is 1.28 bits per heavy atom. The van der Waals surface area contributed by atoms with Crippen molar-refractivity contribution in [2.45, 2.75) is 45.8 Å². The lowest BCUT2D eigenvalue weighted by molar-refractivity contribution is 0.0626. The van der Waals surface area contributed by atoms with Crippen LogP contribution < -0.4 is 10.5 Å². The summed E-state index contributed by atoms with van der Waals surface area (Å²) in [6.07, 6.45) is 2.34. The zero-order chi connectivity index (χ0) is 13.3. The van der Waals surface area contributed by atoms with E-state index in [4.69, 9.17) is 22.1 Å². The first-order valence-corrected chi connectivity index (χ1v) is 7.03. The quantitative estimate of drug-likeness (QED) is 0.885. The lowest BCUT2D eigenvalue weighted by atomic mass is 9.78. The van der Waals surface area contributed by atoms with E-state index in [-0.39, 0.29) is 12.1 Å². The Bertz CT molecular complexity index is 409. The van der Waals surface area contributed by atoms with Crippen LogP contribution in [0.25, 0.3) is 0 Å². The Morgan fingerprint density at radius 2 is 2.00 bits per heavy atom. The minimum absolute atomic E-state index is 0.113. The van der Waals surface area contributed by atoms with Crippen LogP contribution in [0.3, 0.4) is 0 Å². The van der Waals surface area contributed by atoms with Crippen LogP contribution in [0.15, 0.2) is 18.2 Å². The van der Waals surface area contributed by atoms with Gasteiger partial charge in [0, 0.05) is 11.1 Å². The predicted octanol–water partition coefficient (Wildman–Crippen LogP) is 3.79. The number of ether oxygens (including phenoxy) is 1. The predicted molar refractivity (Wildman–Crippen MR) is 76.1 cm³/mol. The van der Waals surface area contributed by atoms with Crippen LogP contribution >= 0.6 is 11.6 Å². The minimum atomic E-state index is 0.113. The highest BCUT2D eigenvalue weighted by Crippen LogP contribution is 2.32. The summed E-state index contributed by atoms with van der Waals surface area (Å²) in [6.45, 7) is 6.48. The molecule has 0 saturated heterocycles. The number of hydrogen-bond acceptors (Lipinski definition) is 2. The molecule has 0 bridgehead atoms. The Labute approximate surface area is 114 Å². The van der Waals surface area contributed by atoms with E-state index in [9.17, 15) is 0 Å². The van der Waals surface area contributed by atoms with E-state index in [1.807, 2.05) is 25.1 Å². The largest absolute Gasteiger partial charge is 0.489 e. The molecule has 0 radical (unpaired) electrons. The van der Waals surface area contributed by atoms with Crippen molar-refractivity contribution in [2.75, 3.05) is 0 Å². The molecule has 2 N–H and O–H groups in total. The Balaban J connectivity index is 2.10. The van der Waals surface area contributed by atoms with Crippen LogP contribution in [0.1, 0.15) is 32.3 Å². The highest BCUT2D eigenvalue weighted by atomic mass is 35.5. The van der Waals surface area contributed by atoms with E-state index in [0.717, 1.165) is 22.8 Å². The normalized spacial score (nSPS) is 32.3. The second-order valence-corrected chi connectivity index (χ2v) is 6.12. The van der Waals surface area contributed by atoms with Crippen LogP contribution in [0.2, 0.25) is 5.02 Å². The molecule has 100 valence electrons. The summed E-state index contributed by atoms with van der Waals surface area (Å²) in [4.78, 5) is 0. The van der Waals surface area contributed by atoms with Gasteiger partial charge in [0.15, 0.2) is 0 Å². The van der Waals surface area contributed by atoms with Gasteiger partial charge in [-0.2, -0.15) is 0 Å². The summed E-state index contributed by atoms with van der Waals surface area (Å²) in [5.74, 6) is 2.07. The molecule has 2 nitrogen and oxygen atoms in total. The van der Waals surface area contributed by atoms with Crippen molar-refractivity contribution in [1.29, 1.82) is 0 Å². The molecule has 4 unspecified atom stereocenters. The highest BCUT2D eigenvalue weighted by Gasteiger charge is 2.33. The van der Waals surface area contributed by atoms with E-state index in [1.165, 1.54) is 6.42 Å². The van der Waals surface area contributed by atoms with E-state index in [1.54, 1.807) is 0 Å². The van der Waals surface area contributed by atoms with Gasteiger partial charge in [0.25, 0.3) is 0 Å². The molecule has 1 aliphatic carbocycles. The van der Waals surface area contributed by atoms with Crippen LogP contribution in [0, 0.1) is 18.8 Å². The summed E-state index contributed by atoms with van der Waals surface area (Å²) in [5, 5.41) is 0.775. The number of rotatable bonds is 2. The first kappa shape index (κ1) is 13.7. The smallest absolute Gasteiger partial charge is 0.120 e. The van der Waals surface area contributed by atoms with Gasteiger partial charge in [0.1, 0.15) is 11.9 Å². The molecule has 1 fully saturated rings. The van der Waals surface area contributed by atoms with Gasteiger partial charge in [-0.1, -0.05) is 25.4 Å². The fourth-order valence-electron chi connectivity index (χ4n) is 2.94. The molecule has 1 saturated carbocycles. The third-order valence-electron chi connectivity index (χ3n) is 3.83. The molecule has 3 heteroatoms. The number of aryl methyl sites for hydroxylation is 1. The lowest BCUT2D eigenvalue weighted by Gasteiger charge is -2.37. The molecular weight excluding hydrogens is 246 g/mol. The lowest BCUT2D eigenvalue weighted by Crippen LogP contribution is -2.48. The van der Waals surface area contributed by atoms with Crippen molar-refractivity contribution >= 4 is 11.6 Å². The minimum Gasteiger partial charge on any atom is -0.489 e. The van der Waals surface area contributed by atoms with E-state index in [2.05, 4.69) is 13.8 Å². The average Bonchev–Trinajstić information content (AvgIpc) is 2.28. The molecule has 4 atom stereocenters. The zero-order valence-electron chi connectivity index (χ0n) is 11.3. The summed E-state index contributed by atoms with van der Waals surface area (Å²) < 4.78 is 6.08. The van der Waals surface area contributed by atoms with Crippen molar-refractivity contribution in [3.05, 3.63) is 28.8 Å². The molecule has 0 amide bonds. The Kier molecular flexibility index (Phi) is 4.18. The maximum absolute atomic E-state index is 6.22. The SMILES string of the molecule is Cc1cc(OC2C(C)CC(C)CC2N)ccc1Cl. The maximum Gasteiger partial charge on any atom is 0.120 e. The first-order chi connectivity index (χ1) is 8.47. The van der Waals surface area contributed by atoms with Gasteiger partial charge in [-0.3, -0.25) is 0 Å². The molecule has 1 aliphatic rings. The molecule has 0 aliphatic heterocycles. The van der Waals surface area contributed by atoms with Crippen molar-refractivity contribution < 1.29 is 4.74 Å². The van der Waals surface area contributed by atoms with Gasteiger partial charge in [-0.05, 0) is 55.4 Å². The maximum atomic E-state index is 6.22. The molecular formula is C15H22ClNO. The van der Waals surface area contributed by atoms with Crippen molar-refractivity contribution in [2.24, 2.45) is 17.6 Å². The number of hydrogen-bond donors (Lipinski definition) is 1. The van der Waals surface area contributed by atoms with Crippen molar-refractivity contribution in [1.82, 2.24) is 0 Å². The summed E-state index contributed by atoms with van der Waals surface area (Å²) in [6, 6.07) is 5.92. The third kappa shape index (κ3) is 2.99. The fourth-order valence-corrected chi connectivity index (χ4v) is 3.05. The van der Waals surface area contributed by atoms with Crippen LogP contribution in [-0.2, 0) is 0 Å². The fraction of sp³-hybridized carbons (Fsp3) is 0.600. The number of benzene rings is 1. The highest BCUT2D eigenvalue weighted by molar-refractivity contribution is 6.31. The van der Waals surface area contributed by atoms with E-state index in [0.29, 0.717) is 11.8 Å². The second kappa shape index (κ2) is 5.50. The molecule has 0 spiro atoms. The molecule has 18 heavy (non-hydrogen) atoms. The summed E-state index contributed by atoms with van der Waals surface area (Å²) in [5.41, 5.74) is 7.27. The standard InChI is InChI=1S/C15H22ClNO/c1-9-6-11(3)15(14(17)7-9)18-12-4-5-13(16)10(2)8-12/h4-5,8-9,11,14-15H,6-7,17H2,1-3H3. The first-order valence-electron chi connectivity index (χ1n) is 6.65. The Hall–Kier alpha value is -0.730. The molecule has 1 aromatic rings. The topological polar surface area (TPSA) is 35.2 Å². The van der Waals surface area contributed by atoms with Crippen LogP contribution in [0.5, 0.6) is 5.75 Å². The third-order valence-corrected chi connectivity index (χ3v) is 4.26. The van der Waals surface area contributed by atoms with Crippen molar-refractivity contribution in [3.63, 3.8) is 0 Å². The monoisotopic (exact) mass is 267 g/mol. The van der Waals surface area contributed by atoms with Crippen molar-refractivity contribution in [3.8, 4) is 5.75 Å². The van der Waals surface area contributed by atoms with Gasteiger partial charge in [0.2, 0.25) is 0 Å². The van der Waals surface area contributed by atoms with Gasteiger partial charge in [-0.15, -0.1) is 0 Å². The van der Waals surface area contributed by atoms with E-state index < -0.39 is 0 Å². The Morgan fingerprint density at radius 3 is 2.61 bits per heavy atom. The van der Waals surface area contributed by atoms with Crippen LogP contribution in [-0.4, -0.2) is 12.1 Å². The molecule has 2 rings (SSSR count). The zero-order valence-corrected chi connectivity index (χ0v) is 12.1. The van der Waals surface area contributed by atoms with Crippen LogP contribution in [0.4, 0.5) is 0 Å². The second-order valence-electron chi connectivity index (χ2n) is 5.71. The number of nitrogens with two attached hydrogens (primary N) is 1. The average molecular weight is 268 g/mol. The molecule has 0 aromatic heterocycles. The summed E-state index contributed by atoms with van der Waals surface area (Å²) in [7, 11) is 0. The van der Waals surface area contributed by atoms with E-state index >= 15 is 0 Å². The van der Waals surface area contributed by atoms with Gasteiger partial charge < -0.3 is 10.5 Å².